The lowest BCUT2D eigenvalue weighted by Gasteiger charge is -2.13. The maximum Gasteiger partial charge on any atom is 0.107 e. The van der Waals surface area contributed by atoms with E-state index in [0.717, 1.165) is 5.56 Å². The second-order valence-electron chi connectivity index (χ2n) is 3.06. The Morgan fingerprint density at radius 3 is 2.69 bits per heavy atom. The smallest absolute Gasteiger partial charge is 0.107 e. The highest BCUT2D eigenvalue weighted by atomic mass is 15.2. The van der Waals surface area contributed by atoms with E-state index in [4.69, 9.17) is 12.3 Å². The molecule has 0 heterocycles. The van der Waals surface area contributed by atoms with Crippen LogP contribution in [-0.4, -0.2) is 0 Å². The van der Waals surface area contributed by atoms with Crippen molar-refractivity contribution >= 4 is 0 Å². The number of hydrogen-bond donors (Lipinski definition) is 2. The largest absolute Gasteiger partial charge is 0.270 e. The molecule has 2 nitrogen and oxygen atoms in total. The molecule has 13 heavy (non-hydrogen) atoms. The van der Waals surface area contributed by atoms with Crippen LogP contribution in [0.15, 0.2) is 18.2 Å². The number of aryl methyl sites for hydroxylation is 1. The van der Waals surface area contributed by atoms with E-state index >= 15 is 0 Å². The summed E-state index contributed by atoms with van der Waals surface area (Å²) in [6, 6.07) is 5.84. The predicted octanol–water partition coefficient (Wildman–Crippen LogP) is 1.44. The molecule has 0 saturated heterocycles. The fraction of sp³-hybridized carbons (Fsp3) is 0.273. The van der Waals surface area contributed by atoms with Crippen LogP contribution in [0.1, 0.15) is 22.7 Å². The summed E-state index contributed by atoms with van der Waals surface area (Å²) in [5, 5.41) is 0. The van der Waals surface area contributed by atoms with Gasteiger partial charge in [-0.3, -0.25) is 5.84 Å². The lowest BCUT2D eigenvalue weighted by molar-refractivity contribution is 0.669. The van der Waals surface area contributed by atoms with Crippen molar-refractivity contribution in [3.05, 3.63) is 34.9 Å². The molecule has 0 bridgehead atoms. The van der Waals surface area contributed by atoms with E-state index in [1.165, 1.54) is 11.1 Å². The van der Waals surface area contributed by atoms with E-state index in [-0.39, 0.29) is 6.04 Å². The molecule has 0 spiro atoms. The first-order valence-corrected chi connectivity index (χ1v) is 4.19. The number of nitrogens with one attached hydrogen (secondary N) is 1. The van der Waals surface area contributed by atoms with Crippen LogP contribution in [-0.2, 0) is 0 Å². The highest BCUT2D eigenvalue weighted by molar-refractivity contribution is 5.38. The number of rotatable bonds is 2. The maximum absolute atomic E-state index is 5.34. The molecule has 0 aliphatic carbocycles. The van der Waals surface area contributed by atoms with E-state index in [1.807, 2.05) is 19.1 Å². The van der Waals surface area contributed by atoms with E-state index < -0.39 is 0 Å². The van der Waals surface area contributed by atoms with E-state index in [1.54, 1.807) is 0 Å². The Hall–Kier alpha value is -1.30. The van der Waals surface area contributed by atoms with E-state index in [9.17, 15) is 0 Å². The Bertz CT molecular complexity index is 336. The average Bonchev–Trinajstić information content (AvgIpc) is 2.14. The van der Waals surface area contributed by atoms with Gasteiger partial charge in [-0.2, -0.15) is 0 Å². The van der Waals surface area contributed by atoms with Crippen molar-refractivity contribution in [2.45, 2.75) is 19.9 Å². The molecule has 1 rings (SSSR count). The Morgan fingerprint density at radius 1 is 1.46 bits per heavy atom. The van der Waals surface area contributed by atoms with Crippen molar-refractivity contribution in [2.24, 2.45) is 5.84 Å². The monoisotopic (exact) mass is 174 g/mol. The zero-order chi connectivity index (χ0) is 9.84. The van der Waals surface area contributed by atoms with Crippen LogP contribution in [0.5, 0.6) is 0 Å². The van der Waals surface area contributed by atoms with E-state index in [2.05, 4.69) is 24.3 Å². The highest BCUT2D eigenvalue weighted by Crippen LogP contribution is 2.18. The molecule has 1 aromatic carbocycles. The van der Waals surface area contributed by atoms with Crippen molar-refractivity contribution in [1.29, 1.82) is 0 Å². The molecule has 0 saturated carbocycles. The van der Waals surface area contributed by atoms with Crippen molar-refractivity contribution in [2.75, 3.05) is 0 Å². The van der Waals surface area contributed by atoms with Gasteiger partial charge in [-0.05, 0) is 30.5 Å². The molecule has 0 fully saturated rings. The number of nitrogens with two attached hydrogens (primary N) is 1. The van der Waals surface area contributed by atoms with Gasteiger partial charge >= 0.3 is 0 Å². The van der Waals surface area contributed by atoms with Crippen molar-refractivity contribution < 1.29 is 0 Å². The van der Waals surface area contributed by atoms with Gasteiger partial charge in [0, 0.05) is 0 Å². The summed E-state index contributed by atoms with van der Waals surface area (Å²) in [4.78, 5) is 0. The molecule has 1 unspecified atom stereocenters. The molecule has 3 N–H and O–H groups in total. The van der Waals surface area contributed by atoms with Crippen molar-refractivity contribution in [3.63, 3.8) is 0 Å². The topological polar surface area (TPSA) is 38.0 Å². The van der Waals surface area contributed by atoms with Gasteiger partial charge in [-0.1, -0.05) is 24.1 Å². The van der Waals surface area contributed by atoms with Gasteiger partial charge in [0.2, 0.25) is 0 Å². The molecular weight excluding hydrogens is 160 g/mol. The Labute approximate surface area is 79.1 Å². The van der Waals surface area contributed by atoms with Crippen LogP contribution >= 0.6 is 0 Å². The lowest BCUT2D eigenvalue weighted by atomic mass is 9.98. The SMILES string of the molecule is C#CC(NN)c1cccc(C)c1C. The molecule has 0 aromatic heterocycles. The third kappa shape index (κ3) is 1.89. The van der Waals surface area contributed by atoms with Gasteiger partial charge in [0.25, 0.3) is 0 Å². The zero-order valence-corrected chi connectivity index (χ0v) is 7.96. The highest BCUT2D eigenvalue weighted by Gasteiger charge is 2.08. The fourth-order valence-electron chi connectivity index (χ4n) is 1.31. The van der Waals surface area contributed by atoms with Gasteiger partial charge in [0.1, 0.15) is 6.04 Å². The maximum atomic E-state index is 5.34. The number of benzene rings is 1. The Balaban J connectivity index is 3.15. The first-order chi connectivity index (χ1) is 6.20. The molecule has 0 aliphatic heterocycles. The molecule has 0 aliphatic rings. The standard InChI is InChI=1S/C11H14N2/c1-4-11(13-12)10-7-5-6-8(2)9(10)3/h1,5-7,11,13H,12H2,2-3H3. The third-order valence-electron chi connectivity index (χ3n) is 2.29. The molecule has 68 valence electrons. The van der Waals surface area contributed by atoms with Crippen LogP contribution < -0.4 is 11.3 Å². The quantitative estimate of drug-likeness (QED) is 0.404. The summed E-state index contributed by atoms with van der Waals surface area (Å²) >= 11 is 0. The van der Waals surface area contributed by atoms with E-state index in [0.29, 0.717) is 0 Å². The number of terminal acetylenes is 1. The lowest BCUT2D eigenvalue weighted by Crippen LogP contribution is -2.27. The molecule has 0 radical (unpaired) electrons. The summed E-state index contributed by atoms with van der Waals surface area (Å²) in [5.74, 6) is 7.94. The number of hydrogen-bond acceptors (Lipinski definition) is 2. The van der Waals surface area contributed by atoms with Crippen LogP contribution in [0.2, 0.25) is 0 Å². The summed E-state index contributed by atoms with van der Waals surface area (Å²) < 4.78 is 0. The molecule has 0 amide bonds. The average molecular weight is 174 g/mol. The minimum Gasteiger partial charge on any atom is -0.270 e. The molecule has 1 aromatic rings. The first-order valence-electron chi connectivity index (χ1n) is 4.19. The van der Waals surface area contributed by atoms with Gasteiger partial charge in [-0.15, -0.1) is 6.42 Å². The van der Waals surface area contributed by atoms with Crippen molar-refractivity contribution in [1.82, 2.24) is 5.43 Å². The molecule has 1 atom stereocenters. The summed E-state index contributed by atoms with van der Waals surface area (Å²) in [5.41, 5.74) is 6.10. The fourth-order valence-corrected chi connectivity index (χ4v) is 1.31. The molecular formula is C11H14N2. The second-order valence-corrected chi connectivity index (χ2v) is 3.06. The van der Waals surface area contributed by atoms with Gasteiger partial charge in [0.15, 0.2) is 0 Å². The number of hydrazine groups is 1. The zero-order valence-electron chi connectivity index (χ0n) is 7.96. The van der Waals surface area contributed by atoms with Crippen LogP contribution in [0.3, 0.4) is 0 Å². The Morgan fingerprint density at radius 2 is 2.15 bits per heavy atom. The summed E-state index contributed by atoms with van der Waals surface area (Å²) in [6.45, 7) is 4.11. The minimum atomic E-state index is -0.195. The van der Waals surface area contributed by atoms with Crippen LogP contribution in [0.25, 0.3) is 0 Å². The minimum absolute atomic E-state index is 0.195. The predicted molar refractivity (Wildman–Crippen MR) is 54.8 cm³/mol. The second kappa shape index (κ2) is 4.08. The van der Waals surface area contributed by atoms with Gasteiger partial charge < -0.3 is 0 Å². The van der Waals surface area contributed by atoms with Crippen molar-refractivity contribution in [3.8, 4) is 12.3 Å². The first kappa shape index (κ1) is 9.79. The third-order valence-corrected chi connectivity index (χ3v) is 2.29. The van der Waals surface area contributed by atoms with Crippen LogP contribution in [0, 0.1) is 26.2 Å². The normalized spacial score (nSPS) is 12.2. The Kier molecular flexibility index (Phi) is 3.07. The summed E-state index contributed by atoms with van der Waals surface area (Å²) in [7, 11) is 0. The molecule has 2 heteroatoms. The van der Waals surface area contributed by atoms with Gasteiger partial charge in [-0.25, -0.2) is 5.43 Å². The van der Waals surface area contributed by atoms with Crippen LogP contribution in [0.4, 0.5) is 0 Å². The van der Waals surface area contributed by atoms with Gasteiger partial charge in [0.05, 0.1) is 0 Å². The summed E-state index contributed by atoms with van der Waals surface area (Å²) in [6.07, 6.45) is 5.34.